The molecule has 0 radical (unpaired) electrons. The lowest BCUT2D eigenvalue weighted by molar-refractivity contribution is 0.617. The Bertz CT molecular complexity index is 582. The molecule has 2 N–H and O–H groups in total. The molecule has 0 unspecified atom stereocenters. The maximum absolute atomic E-state index is 14.1. The Labute approximate surface area is 124 Å². The van der Waals surface area contributed by atoms with E-state index in [0.29, 0.717) is 17.3 Å². The van der Waals surface area contributed by atoms with Crippen molar-refractivity contribution in [2.45, 2.75) is 19.5 Å². The van der Waals surface area contributed by atoms with Gasteiger partial charge in [0.05, 0.1) is 5.69 Å². The predicted octanol–water partition coefficient (Wildman–Crippen LogP) is 4.14. The van der Waals surface area contributed by atoms with Crippen LogP contribution in [0.25, 0.3) is 0 Å². The average Bonchev–Trinajstić information content (AvgIpc) is 2.41. The van der Waals surface area contributed by atoms with E-state index in [9.17, 15) is 4.39 Å². The third-order valence-corrected chi connectivity index (χ3v) is 3.49. The molecule has 0 saturated heterocycles. The van der Waals surface area contributed by atoms with Gasteiger partial charge in [-0.25, -0.2) is 4.39 Å². The average molecular weight is 293 g/mol. The highest BCUT2D eigenvalue weighted by atomic mass is 35.5. The highest BCUT2D eigenvalue weighted by Gasteiger charge is 2.10. The van der Waals surface area contributed by atoms with Gasteiger partial charge < -0.3 is 10.6 Å². The number of hydrogen-bond acceptors (Lipinski definition) is 2. The van der Waals surface area contributed by atoms with Gasteiger partial charge in [-0.05, 0) is 42.3 Å². The van der Waals surface area contributed by atoms with Crippen molar-refractivity contribution in [3.63, 3.8) is 0 Å². The van der Waals surface area contributed by atoms with Crippen LogP contribution in [0.1, 0.15) is 24.1 Å². The van der Waals surface area contributed by atoms with Gasteiger partial charge in [0.25, 0.3) is 0 Å². The van der Waals surface area contributed by atoms with E-state index in [-0.39, 0.29) is 11.9 Å². The quantitative estimate of drug-likeness (QED) is 0.918. The summed E-state index contributed by atoms with van der Waals surface area (Å²) in [5.74, 6) is -0.253. The molecular formula is C16H18ClFN2. The molecule has 0 aliphatic carbocycles. The minimum atomic E-state index is -0.253. The molecule has 0 fully saturated rings. The molecule has 2 aromatic rings. The molecule has 0 amide bonds. The monoisotopic (exact) mass is 292 g/mol. The maximum Gasteiger partial charge on any atom is 0.146 e. The third kappa shape index (κ3) is 3.50. The molecular weight excluding hydrogens is 275 g/mol. The molecule has 4 heteroatoms. The van der Waals surface area contributed by atoms with E-state index in [1.54, 1.807) is 6.07 Å². The zero-order chi connectivity index (χ0) is 14.7. The summed E-state index contributed by atoms with van der Waals surface area (Å²) >= 11 is 5.85. The van der Waals surface area contributed by atoms with Gasteiger partial charge in [-0.3, -0.25) is 0 Å². The first kappa shape index (κ1) is 14.8. The fourth-order valence-corrected chi connectivity index (χ4v) is 2.19. The smallest absolute Gasteiger partial charge is 0.146 e. The van der Waals surface area contributed by atoms with Gasteiger partial charge in [0, 0.05) is 24.7 Å². The summed E-state index contributed by atoms with van der Waals surface area (Å²) in [6.07, 6.45) is 0. The molecule has 0 spiro atoms. The highest BCUT2D eigenvalue weighted by molar-refractivity contribution is 6.30. The Hall–Kier alpha value is -1.58. The van der Waals surface area contributed by atoms with E-state index in [0.717, 1.165) is 11.1 Å². The molecule has 2 aromatic carbocycles. The van der Waals surface area contributed by atoms with Crippen molar-refractivity contribution < 1.29 is 4.39 Å². The van der Waals surface area contributed by atoms with Crippen LogP contribution in [-0.4, -0.2) is 7.05 Å². The first-order valence-electron chi connectivity index (χ1n) is 6.48. The van der Waals surface area contributed by atoms with Gasteiger partial charge in [0.1, 0.15) is 5.82 Å². The molecule has 0 heterocycles. The molecule has 106 valence electrons. The second kappa shape index (κ2) is 6.25. The van der Waals surface area contributed by atoms with E-state index < -0.39 is 0 Å². The molecule has 0 aliphatic heterocycles. The molecule has 0 aromatic heterocycles. The molecule has 0 bridgehead atoms. The maximum atomic E-state index is 14.1. The summed E-state index contributed by atoms with van der Waals surface area (Å²) in [5.41, 5.74) is 8.19. The van der Waals surface area contributed by atoms with Gasteiger partial charge in [0.15, 0.2) is 0 Å². The highest BCUT2D eigenvalue weighted by Crippen LogP contribution is 2.23. The fraction of sp³-hybridized carbons (Fsp3) is 0.250. The summed E-state index contributed by atoms with van der Waals surface area (Å²) in [6.45, 7) is 2.46. The van der Waals surface area contributed by atoms with Crippen LogP contribution in [0.5, 0.6) is 0 Å². The van der Waals surface area contributed by atoms with Crippen LogP contribution >= 0.6 is 11.6 Å². The van der Waals surface area contributed by atoms with E-state index in [1.807, 2.05) is 49.2 Å². The minimum Gasteiger partial charge on any atom is -0.368 e. The van der Waals surface area contributed by atoms with Crippen LogP contribution in [-0.2, 0) is 6.54 Å². The third-order valence-electron chi connectivity index (χ3n) is 3.24. The molecule has 0 aliphatic rings. The van der Waals surface area contributed by atoms with E-state index in [4.69, 9.17) is 17.3 Å². The van der Waals surface area contributed by atoms with E-state index in [1.165, 1.54) is 6.07 Å². The summed E-state index contributed by atoms with van der Waals surface area (Å²) in [4.78, 5) is 1.86. The summed E-state index contributed by atoms with van der Waals surface area (Å²) in [7, 11) is 1.86. The predicted molar refractivity (Wildman–Crippen MR) is 82.6 cm³/mol. The number of hydrogen-bond donors (Lipinski definition) is 1. The Morgan fingerprint density at radius 1 is 1.20 bits per heavy atom. The standard InChI is InChI=1S/C16H18ClFN2/c1-11(19)13-5-8-16(15(18)9-13)20(2)10-12-3-6-14(17)7-4-12/h3-9,11H,10,19H2,1-2H3/t11-/m1/s1. The van der Waals surface area contributed by atoms with Crippen LogP contribution in [0.3, 0.4) is 0 Å². The van der Waals surface area contributed by atoms with Crippen molar-refractivity contribution in [2.24, 2.45) is 5.73 Å². The Morgan fingerprint density at radius 3 is 2.40 bits per heavy atom. The zero-order valence-electron chi connectivity index (χ0n) is 11.6. The molecule has 0 saturated carbocycles. The second-order valence-electron chi connectivity index (χ2n) is 4.98. The van der Waals surface area contributed by atoms with Gasteiger partial charge in [-0.15, -0.1) is 0 Å². The van der Waals surface area contributed by atoms with Crippen LogP contribution in [0.15, 0.2) is 42.5 Å². The minimum absolute atomic E-state index is 0.167. The molecule has 1 atom stereocenters. The first-order chi connectivity index (χ1) is 9.47. The van der Waals surface area contributed by atoms with Crippen molar-refractivity contribution in [1.29, 1.82) is 0 Å². The van der Waals surface area contributed by atoms with Crippen molar-refractivity contribution >= 4 is 17.3 Å². The van der Waals surface area contributed by atoms with Gasteiger partial charge >= 0.3 is 0 Å². The summed E-state index contributed by atoms with van der Waals surface area (Å²) in [5, 5.41) is 0.698. The number of benzene rings is 2. The van der Waals surface area contributed by atoms with Gasteiger partial charge in [-0.1, -0.05) is 29.8 Å². The van der Waals surface area contributed by atoms with Crippen molar-refractivity contribution in [1.82, 2.24) is 0 Å². The van der Waals surface area contributed by atoms with Crippen LogP contribution < -0.4 is 10.6 Å². The lowest BCUT2D eigenvalue weighted by Gasteiger charge is -2.21. The van der Waals surface area contributed by atoms with Gasteiger partial charge in [0.2, 0.25) is 0 Å². The number of halogens is 2. The van der Waals surface area contributed by atoms with Crippen molar-refractivity contribution in [2.75, 3.05) is 11.9 Å². The van der Waals surface area contributed by atoms with Gasteiger partial charge in [-0.2, -0.15) is 0 Å². The topological polar surface area (TPSA) is 29.3 Å². The lowest BCUT2D eigenvalue weighted by atomic mass is 10.1. The molecule has 2 rings (SSSR count). The number of nitrogens with two attached hydrogens (primary N) is 1. The number of nitrogens with zero attached hydrogens (tertiary/aromatic N) is 1. The number of rotatable bonds is 4. The SMILES string of the molecule is C[C@@H](N)c1ccc(N(C)Cc2ccc(Cl)cc2)c(F)c1. The van der Waals surface area contributed by atoms with Crippen LogP contribution in [0.2, 0.25) is 5.02 Å². The summed E-state index contributed by atoms with van der Waals surface area (Å²) < 4.78 is 14.1. The van der Waals surface area contributed by atoms with E-state index >= 15 is 0 Å². The zero-order valence-corrected chi connectivity index (χ0v) is 12.4. The largest absolute Gasteiger partial charge is 0.368 e. The first-order valence-corrected chi connectivity index (χ1v) is 6.86. The van der Waals surface area contributed by atoms with Crippen molar-refractivity contribution in [3.05, 3.63) is 64.4 Å². The molecule has 2 nitrogen and oxygen atoms in total. The fourth-order valence-electron chi connectivity index (χ4n) is 2.06. The molecule has 20 heavy (non-hydrogen) atoms. The second-order valence-corrected chi connectivity index (χ2v) is 5.42. The normalized spacial score (nSPS) is 12.2. The Kier molecular flexibility index (Phi) is 4.63. The number of anilines is 1. The Morgan fingerprint density at radius 2 is 1.85 bits per heavy atom. The van der Waals surface area contributed by atoms with Crippen LogP contribution in [0.4, 0.5) is 10.1 Å². The van der Waals surface area contributed by atoms with E-state index in [2.05, 4.69) is 0 Å². The van der Waals surface area contributed by atoms with Crippen molar-refractivity contribution in [3.8, 4) is 0 Å². The van der Waals surface area contributed by atoms with Crippen LogP contribution in [0, 0.1) is 5.82 Å². The Balaban J connectivity index is 2.16. The lowest BCUT2D eigenvalue weighted by Crippen LogP contribution is -2.18. The summed E-state index contributed by atoms with van der Waals surface area (Å²) in [6, 6.07) is 12.5.